The standard InChI is InChI=1S/C15H18N6OS/c22-14(10-23-15-5-4-6-18-20-15)19-12-9-13(17-11-16-12)21-7-2-1-3-8-21/h4-6,9,11H,1-3,7-8,10H2,(H,16,17,19,22). The highest BCUT2D eigenvalue weighted by molar-refractivity contribution is 7.99. The number of carbonyl (C=O) groups is 1. The minimum absolute atomic E-state index is 0.121. The van der Waals surface area contributed by atoms with Gasteiger partial charge in [0, 0.05) is 25.4 Å². The Bertz CT molecular complexity index is 647. The van der Waals surface area contributed by atoms with Gasteiger partial charge in [-0.3, -0.25) is 4.79 Å². The topological polar surface area (TPSA) is 83.9 Å². The van der Waals surface area contributed by atoms with Crippen LogP contribution in [0.3, 0.4) is 0 Å². The molecule has 2 aromatic rings. The molecule has 23 heavy (non-hydrogen) atoms. The fraction of sp³-hybridized carbons (Fsp3) is 0.400. The summed E-state index contributed by atoms with van der Waals surface area (Å²) < 4.78 is 0. The predicted octanol–water partition coefficient (Wildman–Crippen LogP) is 1.99. The maximum atomic E-state index is 12.0. The van der Waals surface area contributed by atoms with Crippen molar-refractivity contribution < 1.29 is 4.79 Å². The van der Waals surface area contributed by atoms with Gasteiger partial charge in [0.2, 0.25) is 5.91 Å². The number of thioether (sulfide) groups is 1. The van der Waals surface area contributed by atoms with Crippen LogP contribution in [0.2, 0.25) is 0 Å². The summed E-state index contributed by atoms with van der Waals surface area (Å²) in [7, 11) is 0. The molecular formula is C15H18N6OS. The number of aromatic nitrogens is 4. The molecule has 7 nitrogen and oxygen atoms in total. The second-order valence-corrected chi connectivity index (χ2v) is 6.20. The first-order valence-corrected chi connectivity index (χ1v) is 8.57. The molecule has 3 rings (SSSR count). The molecule has 0 aromatic carbocycles. The second kappa shape index (κ2) is 7.87. The van der Waals surface area contributed by atoms with Crippen LogP contribution in [0.1, 0.15) is 19.3 Å². The van der Waals surface area contributed by atoms with Crippen LogP contribution in [0.5, 0.6) is 0 Å². The van der Waals surface area contributed by atoms with Gasteiger partial charge < -0.3 is 10.2 Å². The number of rotatable bonds is 5. The maximum absolute atomic E-state index is 12.0. The highest BCUT2D eigenvalue weighted by Gasteiger charge is 2.13. The van der Waals surface area contributed by atoms with Crippen molar-refractivity contribution in [1.29, 1.82) is 0 Å². The van der Waals surface area contributed by atoms with Crippen LogP contribution in [0, 0.1) is 0 Å². The molecular weight excluding hydrogens is 312 g/mol. The van der Waals surface area contributed by atoms with Gasteiger partial charge in [-0.15, -0.1) is 5.10 Å². The van der Waals surface area contributed by atoms with Crippen molar-refractivity contribution in [1.82, 2.24) is 20.2 Å². The van der Waals surface area contributed by atoms with E-state index in [-0.39, 0.29) is 11.7 Å². The fourth-order valence-electron chi connectivity index (χ4n) is 2.39. The lowest BCUT2D eigenvalue weighted by molar-refractivity contribution is -0.113. The molecule has 8 heteroatoms. The summed E-state index contributed by atoms with van der Waals surface area (Å²) in [6.07, 6.45) is 6.73. The van der Waals surface area contributed by atoms with E-state index in [1.165, 1.54) is 37.4 Å². The van der Waals surface area contributed by atoms with E-state index in [0.717, 1.165) is 23.9 Å². The zero-order chi connectivity index (χ0) is 15.9. The number of piperidine rings is 1. The molecule has 1 amide bonds. The average Bonchev–Trinajstić information content (AvgIpc) is 2.62. The van der Waals surface area contributed by atoms with E-state index in [0.29, 0.717) is 5.82 Å². The Hall–Kier alpha value is -2.22. The normalized spacial score (nSPS) is 14.5. The Balaban J connectivity index is 1.55. The molecule has 2 aromatic heterocycles. The quantitative estimate of drug-likeness (QED) is 0.839. The van der Waals surface area contributed by atoms with Gasteiger partial charge in [0.25, 0.3) is 0 Å². The molecule has 0 atom stereocenters. The molecule has 0 unspecified atom stereocenters. The van der Waals surface area contributed by atoms with Crippen LogP contribution in [0.15, 0.2) is 35.7 Å². The third kappa shape index (κ3) is 4.62. The van der Waals surface area contributed by atoms with Crippen LogP contribution in [-0.2, 0) is 4.79 Å². The first-order valence-electron chi connectivity index (χ1n) is 7.58. The number of nitrogens with zero attached hydrogens (tertiary/aromatic N) is 5. The SMILES string of the molecule is O=C(CSc1cccnn1)Nc1cc(N2CCCCC2)ncn1. The minimum Gasteiger partial charge on any atom is -0.356 e. The molecule has 0 aliphatic carbocycles. The van der Waals surface area contributed by atoms with Gasteiger partial charge in [0.15, 0.2) is 0 Å². The molecule has 0 radical (unpaired) electrons. The van der Waals surface area contributed by atoms with E-state index < -0.39 is 0 Å². The number of amides is 1. The molecule has 1 fully saturated rings. The Labute approximate surface area is 138 Å². The highest BCUT2D eigenvalue weighted by Crippen LogP contribution is 2.19. The highest BCUT2D eigenvalue weighted by atomic mass is 32.2. The van der Waals surface area contributed by atoms with Gasteiger partial charge in [-0.05, 0) is 31.4 Å². The Morgan fingerprint density at radius 3 is 2.91 bits per heavy atom. The zero-order valence-electron chi connectivity index (χ0n) is 12.7. The number of hydrogen-bond donors (Lipinski definition) is 1. The Morgan fingerprint density at radius 2 is 2.13 bits per heavy atom. The van der Waals surface area contributed by atoms with Crippen LogP contribution in [0.4, 0.5) is 11.6 Å². The smallest absolute Gasteiger partial charge is 0.235 e. The van der Waals surface area contributed by atoms with Crippen molar-refractivity contribution >= 4 is 29.3 Å². The van der Waals surface area contributed by atoms with Gasteiger partial charge >= 0.3 is 0 Å². The third-order valence-electron chi connectivity index (χ3n) is 3.50. The van der Waals surface area contributed by atoms with E-state index in [1.807, 2.05) is 12.1 Å². The van der Waals surface area contributed by atoms with E-state index in [9.17, 15) is 4.79 Å². The third-order valence-corrected chi connectivity index (χ3v) is 4.42. The van der Waals surface area contributed by atoms with Crippen molar-refractivity contribution in [3.05, 3.63) is 30.7 Å². The van der Waals surface area contributed by atoms with Gasteiger partial charge in [0.1, 0.15) is 23.0 Å². The van der Waals surface area contributed by atoms with Gasteiger partial charge in [0.05, 0.1) is 5.75 Å². The van der Waals surface area contributed by atoms with Crippen LogP contribution < -0.4 is 10.2 Å². The fourth-order valence-corrected chi connectivity index (χ4v) is 3.02. The number of nitrogens with one attached hydrogen (secondary N) is 1. The summed E-state index contributed by atoms with van der Waals surface area (Å²) in [6.45, 7) is 2.01. The molecule has 1 N–H and O–H groups in total. The number of hydrogen-bond acceptors (Lipinski definition) is 7. The Morgan fingerprint density at radius 1 is 1.26 bits per heavy atom. The van der Waals surface area contributed by atoms with E-state index in [4.69, 9.17) is 0 Å². The van der Waals surface area contributed by atoms with Crippen LogP contribution in [-0.4, -0.2) is 44.9 Å². The monoisotopic (exact) mass is 330 g/mol. The van der Waals surface area contributed by atoms with Gasteiger partial charge in [-0.1, -0.05) is 11.8 Å². The van der Waals surface area contributed by atoms with Crippen molar-refractivity contribution in [3.8, 4) is 0 Å². The van der Waals surface area contributed by atoms with Crippen molar-refractivity contribution in [2.45, 2.75) is 24.3 Å². The lowest BCUT2D eigenvalue weighted by atomic mass is 10.1. The number of anilines is 2. The summed E-state index contributed by atoms with van der Waals surface area (Å²) >= 11 is 1.34. The summed E-state index contributed by atoms with van der Waals surface area (Å²) in [5.74, 6) is 1.55. The first kappa shape index (κ1) is 15.7. The minimum atomic E-state index is -0.121. The first-order chi connectivity index (χ1) is 11.3. The van der Waals surface area contributed by atoms with Crippen LogP contribution >= 0.6 is 11.8 Å². The molecule has 0 spiro atoms. The summed E-state index contributed by atoms with van der Waals surface area (Å²) in [6, 6.07) is 5.45. The van der Waals surface area contributed by atoms with Crippen molar-refractivity contribution in [2.24, 2.45) is 0 Å². The lowest BCUT2D eigenvalue weighted by Gasteiger charge is -2.27. The van der Waals surface area contributed by atoms with Crippen molar-refractivity contribution in [3.63, 3.8) is 0 Å². The summed E-state index contributed by atoms with van der Waals surface area (Å²) in [4.78, 5) is 22.7. The molecule has 120 valence electrons. The van der Waals surface area contributed by atoms with E-state index in [2.05, 4.69) is 30.4 Å². The molecule has 1 aliphatic heterocycles. The largest absolute Gasteiger partial charge is 0.356 e. The maximum Gasteiger partial charge on any atom is 0.235 e. The molecule has 1 aliphatic rings. The number of carbonyl (C=O) groups excluding carboxylic acids is 1. The van der Waals surface area contributed by atoms with Gasteiger partial charge in [-0.25, -0.2) is 9.97 Å². The van der Waals surface area contributed by atoms with Gasteiger partial charge in [-0.2, -0.15) is 5.10 Å². The second-order valence-electron chi connectivity index (χ2n) is 5.21. The molecule has 3 heterocycles. The Kier molecular flexibility index (Phi) is 5.36. The van der Waals surface area contributed by atoms with Crippen LogP contribution in [0.25, 0.3) is 0 Å². The van der Waals surface area contributed by atoms with E-state index in [1.54, 1.807) is 12.3 Å². The van der Waals surface area contributed by atoms with E-state index >= 15 is 0 Å². The molecule has 1 saturated heterocycles. The molecule has 0 saturated carbocycles. The predicted molar refractivity (Wildman–Crippen MR) is 89.5 cm³/mol. The average molecular weight is 330 g/mol. The summed E-state index contributed by atoms with van der Waals surface area (Å²) in [5.41, 5.74) is 0. The van der Waals surface area contributed by atoms with Crippen molar-refractivity contribution in [2.75, 3.05) is 29.1 Å². The summed E-state index contributed by atoms with van der Waals surface area (Å²) in [5, 5.41) is 11.2. The molecule has 0 bridgehead atoms. The lowest BCUT2D eigenvalue weighted by Crippen LogP contribution is -2.30. The zero-order valence-corrected chi connectivity index (χ0v) is 13.5.